The van der Waals surface area contributed by atoms with Crippen molar-refractivity contribution in [3.05, 3.63) is 74.0 Å². The molecule has 0 saturated heterocycles. The Hall–Kier alpha value is -2.95. The summed E-state index contributed by atoms with van der Waals surface area (Å²) in [6.07, 6.45) is 5.35. The molecule has 26 heavy (non-hydrogen) atoms. The van der Waals surface area contributed by atoms with Crippen LogP contribution in [-0.2, 0) is 0 Å². The van der Waals surface area contributed by atoms with Crippen LogP contribution in [0, 0.1) is 6.92 Å². The number of hydrogen-bond acceptors (Lipinski definition) is 5. The standard InChI is InChI=1S/C20H20N2O4/c1-4-5-6-7-8-12-10-14(24)22(3)18-16(12)19(25)15-11(2)9-13(23)21-17(15)20(18)26/h4,6,9-10,14,24H,7-8H2,1-3H3,(H,21,23). The second-order valence-electron chi connectivity index (χ2n) is 6.36. The summed E-state index contributed by atoms with van der Waals surface area (Å²) >= 11 is 0. The molecular formula is C20H20N2O4. The number of ketones is 2. The van der Waals surface area contributed by atoms with Crippen LogP contribution in [0.1, 0.15) is 46.2 Å². The highest BCUT2D eigenvalue weighted by Crippen LogP contribution is 2.37. The maximum atomic E-state index is 13.2. The highest BCUT2D eigenvalue weighted by molar-refractivity contribution is 6.28. The highest BCUT2D eigenvalue weighted by atomic mass is 16.3. The van der Waals surface area contributed by atoms with E-state index in [9.17, 15) is 19.5 Å². The molecule has 1 aromatic heterocycles. The van der Waals surface area contributed by atoms with Gasteiger partial charge in [-0.15, -0.1) is 5.73 Å². The van der Waals surface area contributed by atoms with E-state index in [4.69, 9.17) is 0 Å². The van der Waals surface area contributed by atoms with E-state index in [1.54, 1.807) is 26.1 Å². The lowest BCUT2D eigenvalue weighted by Gasteiger charge is -2.35. The van der Waals surface area contributed by atoms with Crippen molar-refractivity contribution < 1.29 is 14.7 Å². The summed E-state index contributed by atoms with van der Waals surface area (Å²) in [5.41, 5.74) is 4.30. The SMILES string of the molecule is CC=C=CCCC1=CC(O)N(C)C2=C1C(=O)c1c(C)cc(=O)[nH]c1C2=O. The number of aryl methyl sites for hydroxylation is 1. The average molecular weight is 352 g/mol. The van der Waals surface area contributed by atoms with Gasteiger partial charge in [-0.3, -0.25) is 14.4 Å². The zero-order valence-corrected chi connectivity index (χ0v) is 14.9. The van der Waals surface area contributed by atoms with Crippen LogP contribution in [0.5, 0.6) is 0 Å². The molecule has 1 atom stereocenters. The van der Waals surface area contributed by atoms with Crippen molar-refractivity contribution in [1.82, 2.24) is 9.88 Å². The number of aliphatic hydroxyl groups excluding tert-OH is 1. The van der Waals surface area contributed by atoms with Crippen molar-refractivity contribution in [3.8, 4) is 0 Å². The first-order valence-corrected chi connectivity index (χ1v) is 8.42. The van der Waals surface area contributed by atoms with Crippen LogP contribution in [0.2, 0.25) is 0 Å². The van der Waals surface area contributed by atoms with Gasteiger partial charge in [0.05, 0.1) is 11.1 Å². The predicted molar refractivity (Wildman–Crippen MR) is 96.9 cm³/mol. The zero-order chi connectivity index (χ0) is 19.0. The Balaban J connectivity index is 2.15. The Morgan fingerprint density at radius 3 is 2.73 bits per heavy atom. The third kappa shape index (κ3) is 2.79. The Morgan fingerprint density at radius 2 is 2.04 bits per heavy atom. The molecule has 0 aromatic carbocycles. The number of nitrogens with zero attached hydrogens (tertiary/aromatic N) is 1. The molecular weight excluding hydrogens is 332 g/mol. The Bertz CT molecular complexity index is 988. The number of H-pyrrole nitrogens is 1. The summed E-state index contributed by atoms with van der Waals surface area (Å²) in [5, 5.41) is 10.3. The fourth-order valence-corrected chi connectivity index (χ4v) is 3.39. The van der Waals surface area contributed by atoms with Gasteiger partial charge >= 0.3 is 0 Å². The van der Waals surface area contributed by atoms with Crippen LogP contribution < -0.4 is 5.56 Å². The number of nitrogens with one attached hydrogen (secondary N) is 1. The van der Waals surface area contributed by atoms with Gasteiger partial charge in [-0.1, -0.05) is 0 Å². The number of aliphatic hydroxyl groups is 1. The van der Waals surface area contributed by atoms with E-state index in [0.717, 1.165) is 0 Å². The fourth-order valence-electron chi connectivity index (χ4n) is 3.39. The van der Waals surface area contributed by atoms with Gasteiger partial charge in [-0.2, -0.15) is 0 Å². The van der Waals surface area contributed by atoms with E-state index in [1.165, 1.54) is 11.0 Å². The largest absolute Gasteiger partial charge is 0.370 e. The molecule has 0 spiro atoms. The van der Waals surface area contributed by atoms with Crippen molar-refractivity contribution in [1.29, 1.82) is 0 Å². The topological polar surface area (TPSA) is 90.5 Å². The molecule has 0 radical (unpaired) electrons. The third-order valence-electron chi connectivity index (χ3n) is 4.64. The maximum absolute atomic E-state index is 13.2. The molecule has 1 aliphatic carbocycles. The van der Waals surface area contributed by atoms with Gasteiger partial charge < -0.3 is 15.0 Å². The lowest BCUT2D eigenvalue weighted by molar-refractivity contribution is 0.0685. The maximum Gasteiger partial charge on any atom is 0.248 e. The lowest BCUT2D eigenvalue weighted by atomic mass is 9.81. The van der Waals surface area contributed by atoms with Gasteiger partial charge in [0.15, 0.2) is 5.78 Å². The molecule has 6 heteroatoms. The third-order valence-corrected chi connectivity index (χ3v) is 4.64. The van der Waals surface area contributed by atoms with Crippen LogP contribution in [0.25, 0.3) is 0 Å². The van der Waals surface area contributed by atoms with Crippen molar-refractivity contribution in [3.63, 3.8) is 0 Å². The number of Topliss-reactive ketones (excluding diaryl/α,β-unsaturated/α-hetero) is 2. The number of carbonyl (C=O) groups is 2. The smallest absolute Gasteiger partial charge is 0.248 e. The summed E-state index contributed by atoms with van der Waals surface area (Å²) < 4.78 is 0. The summed E-state index contributed by atoms with van der Waals surface area (Å²) in [6, 6.07) is 1.31. The van der Waals surface area contributed by atoms with Gasteiger partial charge in [0, 0.05) is 13.1 Å². The molecule has 0 amide bonds. The summed E-state index contributed by atoms with van der Waals surface area (Å²) in [7, 11) is 1.55. The van der Waals surface area contributed by atoms with E-state index in [1.807, 2.05) is 13.0 Å². The number of fused-ring (bicyclic) bond motifs is 1. The first-order valence-electron chi connectivity index (χ1n) is 8.42. The molecule has 1 aromatic rings. The number of allylic oxidation sites excluding steroid dienone is 4. The summed E-state index contributed by atoms with van der Waals surface area (Å²) in [5.74, 6) is -0.755. The molecule has 2 aliphatic rings. The quantitative estimate of drug-likeness (QED) is 0.812. The molecule has 6 nitrogen and oxygen atoms in total. The van der Waals surface area contributed by atoms with E-state index in [2.05, 4.69) is 10.7 Å². The number of hydrogen-bond donors (Lipinski definition) is 2. The van der Waals surface area contributed by atoms with Crippen molar-refractivity contribution >= 4 is 11.6 Å². The molecule has 0 fully saturated rings. The van der Waals surface area contributed by atoms with Crippen molar-refractivity contribution in [2.45, 2.75) is 32.9 Å². The molecule has 2 N–H and O–H groups in total. The van der Waals surface area contributed by atoms with Crippen LogP contribution in [0.3, 0.4) is 0 Å². The first-order chi connectivity index (χ1) is 12.4. The van der Waals surface area contributed by atoms with Gasteiger partial charge in [-0.25, -0.2) is 0 Å². The number of pyridine rings is 1. The number of carbonyl (C=O) groups excluding carboxylic acids is 2. The average Bonchev–Trinajstić information content (AvgIpc) is 2.58. The van der Waals surface area contributed by atoms with Gasteiger partial charge in [0.1, 0.15) is 17.6 Å². The molecule has 1 aliphatic heterocycles. The minimum atomic E-state index is -1.01. The minimum absolute atomic E-state index is 0.00661. The molecule has 134 valence electrons. The molecule has 2 heterocycles. The number of likely N-dealkylation sites (N-methyl/N-ethyl adjacent to an activating group) is 1. The van der Waals surface area contributed by atoms with E-state index in [-0.39, 0.29) is 22.7 Å². The van der Waals surface area contributed by atoms with E-state index >= 15 is 0 Å². The molecule has 0 bridgehead atoms. The summed E-state index contributed by atoms with van der Waals surface area (Å²) in [6.45, 7) is 3.50. The van der Waals surface area contributed by atoms with Gasteiger partial charge in [0.2, 0.25) is 11.3 Å². The Kier molecular flexibility index (Phi) is 4.64. The number of aromatic amines is 1. The number of rotatable bonds is 3. The molecule has 1 unspecified atom stereocenters. The lowest BCUT2D eigenvalue weighted by Crippen LogP contribution is -2.42. The monoisotopic (exact) mass is 352 g/mol. The fraction of sp³-hybridized carbons (Fsp3) is 0.300. The first kappa shape index (κ1) is 17.9. The predicted octanol–water partition coefficient (Wildman–Crippen LogP) is 2.02. The highest BCUT2D eigenvalue weighted by Gasteiger charge is 2.40. The van der Waals surface area contributed by atoms with Crippen molar-refractivity contribution in [2.24, 2.45) is 0 Å². The zero-order valence-electron chi connectivity index (χ0n) is 14.9. The van der Waals surface area contributed by atoms with Crippen LogP contribution in [-0.4, -0.2) is 39.8 Å². The van der Waals surface area contributed by atoms with Crippen molar-refractivity contribution in [2.75, 3.05) is 7.05 Å². The molecule has 3 rings (SSSR count). The summed E-state index contributed by atoms with van der Waals surface area (Å²) in [4.78, 5) is 41.8. The number of aromatic nitrogens is 1. The Morgan fingerprint density at radius 1 is 1.31 bits per heavy atom. The Labute approximate surface area is 150 Å². The second kappa shape index (κ2) is 6.75. The second-order valence-corrected chi connectivity index (χ2v) is 6.36. The van der Waals surface area contributed by atoms with Crippen LogP contribution in [0.4, 0.5) is 0 Å². The van der Waals surface area contributed by atoms with Crippen LogP contribution >= 0.6 is 0 Å². The van der Waals surface area contributed by atoms with E-state index in [0.29, 0.717) is 29.6 Å². The van der Waals surface area contributed by atoms with Crippen LogP contribution in [0.15, 0.2) is 51.7 Å². The molecule has 0 saturated carbocycles. The normalized spacial score (nSPS) is 18.8. The van der Waals surface area contributed by atoms with Gasteiger partial charge in [-0.05, 0) is 56.1 Å². The van der Waals surface area contributed by atoms with Gasteiger partial charge in [0.25, 0.3) is 0 Å². The van der Waals surface area contributed by atoms with E-state index < -0.39 is 17.6 Å². The minimum Gasteiger partial charge on any atom is -0.370 e.